The number of aryl methyl sites for hydroxylation is 1. The number of hydrogen-bond donors (Lipinski definition) is 1. The zero-order valence-corrected chi connectivity index (χ0v) is 12.9. The Labute approximate surface area is 124 Å². The molecule has 1 saturated heterocycles. The van der Waals surface area contributed by atoms with Crippen LogP contribution in [0.4, 0.5) is 0 Å². The molecule has 21 heavy (non-hydrogen) atoms. The molecule has 0 bridgehead atoms. The van der Waals surface area contributed by atoms with Gasteiger partial charge in [0.2, 0.25) is 10.0 Å². The molecule has 1 fully saturated rings. The molecule has 0 spiro atoms. The van der Waals surface area contributed by atoms with Crippen LogP contribution in [0.5, 0.6) is 0 Å². The molecule has 0 unspecified atom stereocenters. The highest BCUT2D eigenvalue weighted by Gasteiger charge is 2.21. The molecule has 1 heterocycles. The van der Waals surface area contributed by atoms with E-state index in [1.165, 1.54) is 19.2 Å². The molecule has 0 aromatic heterocycles. The number of carbonyl (C=O) groups excluding carboxylic acids is 1. The van der Waals surface area contributed by atoms with Crippen molar-refractivity contribution in [2.45, 2.75) is 30.8 Å². The summed E-state index contributed by atoms with van der Waals surface area (Å²) in [4.78, 5) is 11.7. The molecule has 1 aromatic carbocycles. The van der Waals surface area contributed by atoms with Gasteiger partial charge in [0.05, 0.1) is 23.7 Å². The van der Waals surface area contributed by atoms with Crippen LogP contribution in [0.3, 0.4) is 0 Å². The molecular weight excluding hydrogens is 294 g/mol. The van der Waals surface area contributed by atoms with E-state index in [-0.39, 0.29) is 23.1 Å². The van der Waals surface area contributed by atoms with Crippen molar-refractivity contribution < 1.29 is 22.7 Å². The Morgan fingerprint density at radius 3 is 2.86 bits per heavy atom. The van der Waals surface area contributed by atoms with Gasteiger partial charge < -0.3 is 9.47 Å². The summed E-state index contributed by atoms with van der Waals surface area (Å²) in [5.41, 5.74) is 0.914. The maximum Gasteiger partial charge on any atom is 0.338 e. The maximum atomic E-state index is 12.2. The summed E-state index contributed by atoms with van der Waals surface area (Å²) < 4.78 is 37.0. The van der Waals surface area contributed by atoms with Gasteiger partial charge in [-0.1, -0.05) is 6.07 Å². The van der Waals surface area contributed by atoms with E-state index < -0.39 is 16.0 Å². The number of methoxy groups -OCH3 is 1. The second-order valence-electron chi connectivity index (χ2n) is 4.96. The third kappa shape index (κ3) is 3.81. The van der Waals surface area contributed by atoms with Crippen molar-refractivity contribution in [2.24, 2.45) is 0 Å². The van der Waals surface area contributed by atoms with E-state index in [9.17, 15) is 13.2 Å². The number of rotatable bonds is 5. The molecule has 0 aliphatic carbocycles. The summed E-state index contributed by atoms with van der Waals surface area (Å²) in [5, 5.41) is 0. The molecule has 0 amide bonds. The summed E-state index contributed by atoms with van der Waals surface area (Å²) >= 11 is 0. The fraction of sp³-hybridized carbons (Fsp3) is 0.500. The Bertz CT molecular complexity index is 620. The van der Waals surface area contributed by atoms with Crippen molar-refractivity contribution in [1.82, 2.24) is 4.72 Å². The third-order valence-electron chi connectivity index (χ3n) is 3.45. The van der Waals surface area contributed by atoms with Crippen LogP contribution < -0.4 is 4.72 Å². The van der Waals surface area contributed by atoms with E-state index in [0.29, 0.717) is 12.2 Å². The zero-order valence-electron chi connectivity index (χ0n) is 12.1. The van der Waals surface area contributed by atoms with Crippen LogP contribution in [0.15, 0.2) is 23.1 Å². The van der Waals surface area contributed by atoms with Gasteiger partial charge in [0.25, 0.3) is 0 Å². The smallest absolute Gasteiger partial charge is 0.338 e. The highest BCUT2D eigenvalue weighted by molar-refractivity contribution is 7.89. The van der Waals surface area contributed by atoms with Crippen molar-refractivity contribution in [3.63, 3.8) is 0 Å². The Balaban J connectivity index is 2.17. The van der Waals surface area contributed by atoms with Gasteiger partial charge in [-0.25, -0.2) is 17.9 Å². The molecule has 2 rings (SSSR count). The first-order chi connectivity index (χ1) is 9.94. The highest BCUT2D eigenvalue weighted by atomic mass is 32.2. The minimum Gasteiger partial charge on any atom is -0.465 e. The molecule has 1 aromatic rings. The lowest BCUT2D eigenvalue weighted by molar-refractivity contribution is 0.0599. The largest absolute Gasteiger partial charge is 0.465 e. The fourth-order valence-corrected chi connectivity index (χ4v) is 3.28. The van der Waals surface area contributed by atoms with Gasteiger partial charge in [-0.3, -0.25) is 0 Å². The molecule has 6 nitrogen and oxygen atoms in total. The van der Waals surface area contributed by atoms with Gasteiger partial charge in [-0.05, 0) is 37.5 Å². The summed E-state index contributed by atoms with van der Waals surface area (Å²) in [6, 6.07) is 4.39. The third-order valence-corrected chi connectivity index (χ3v) is 4.87. The second kappa shape index (κ2) is 6.55. The normalized spacial score (nSPS) is 18.7. The van der Waals surface area contributed by atoms with Crippen LogP contribution in [0, 0.1) is 6.92 Å². The number of hydrogen-bond acceptors (Lipinski definition) is 5. The van der Waals surface area contributed by atoms with Gasteiger partial charge >= 0.3 is 5.97 Å². The molecule has 1 aliphatic heterocycles. The van der Waals surface area contributed by atoms with E-state index in [4.69, 9.17) is 4.74 Å². The summed E-state index contributed by atoms with van der Waals surface area (Å²) in [5.74, 6) is -0.552. The number of ether oxygens (including phenoxy) is 2. The molecule has 1 aliphatic rings. The van der Waals surface area contributed by atoms with Crippen molar-refractivity contribution in [3.05, 3.63) is 29.3 Å². The van der Waals surface area contributed by atoms with Gasteiger partial charge in [-0.15, -0.1) is 0 Å². The van der Waals surface area contributed by atoms with E-state index in [1.807, 2.05) is 0 Å². The minimum absolute atomic E-state index is 0.0477. The van der Waals surface area contributed by atoms with Gasteiger partial charge in [0, 0.05) is 13.2 Å². The first-order valence-corrected chi connectivity index (χ1v) is 8.22. The molecule has 0 saturated carbocycles. The number of benzene rings is 1. The fourth-order valence-electron chi connectivity index (χ4n) is 2.19. The quantitative estimate of drug-likeness (QED) is 0.827. The zero-order chi connectivity index (χ0) is 15.5. The number of sulfonamides is 1. The predicted octanol–water partition coefficient (Wildman–Crippen LogP) is 1.24. The lowest BCUT2D eigenvalue weighted by Crippen LogP contribution is -2.32. The molecular formula is C14H19NO5S. The molecule has 1 atom stereocenters. The Morgan fingerprint density at radius 2 is 2.24 bits per heavy atom. The lowest BCUT2D eigenvalue weighted by atomic mass is 10.1. The van der Waals surface area contributed by atoms with E-state index >= 15 is 0 Å². The number of esters is 1. The van der Waals surface area contributed by atoms with Gasteiger partial charge in [-0.2, -0.15) is 0 Å². The Kier molecular flexibility index (Phi) is 4.97. The van der Waals surface area contributed by atoms with Crippen LogP contribution in [0.1, 0.15) is 28.8 Å². The molecule has 7 heteroatoms. The first kappa shape index (κ1) is 15.9. The van der Waals surface area contributed by atoms with Gasteiger partial charge in [0.15, 0.2) is 0 Å². The SMILES string of the molecule is COC(=O)c1cc(S(=O)(=O)NC[C@H]2CCCO2)ccc1C. The molecule has 0 radical (unpaired) electrons. The molecule has 116 valence electrons. The van der Waals surface area contributed by atoms with Crippen LogP contribution in [-0.2, 0) is 19.5 Å². The molecule has 1 N–H and O–H groups in total. The highest BCUT2D eigenvalue weighted by Crippen LogP contribution is 2.17. The maximum absolute atomic E-state index is 12.2. The number of carbonyl (C=O) groups is 1. The predicted molar refractivity (Wildman–Crippen MR) is 76.7 cm³/mol. The van der Waals surface area contributed by atoms with Crippen molar-refractivity contribution >= 4 is 16.0 Å². The Hall–Kier alpha value is -1.44. The van der Waals surface area contributed by atoms with Crippen molar-refractivity contribution in [3.8, 4) is 0 Å². The summed E-state index contributed by atoms with van der Waals surface area (Å²) in [7, 11) is -2.40. The monoisotopic (exact) mass is 313 g/mol. The van der Waals surface area contributed by atoms with Crippen LogP contribution in [-0.4, -0.2) is 40.8 Å². The minimum atomic E-state index is -3.67. The van der Waals surface area contributed by atoms with Crippen LogP contribution in [0.25, 0.3) is 0 Å². The average Bonchev–Trinajstić information content (AvgIpc) is 2.98. The van der Waals surface area contributed by atoms with Crippen molar-refractivity contribution in [2.75, 3.05) is 20.3 Å². The Morgan fingerprint density at radius 1 is 1.48 bits per heavy atom. The van der Waals surface area contributed by atoms with Crippen LogP contribution in [0.2, 0.25) is 0 Å². The van der Waals surface area contributed by atoms with Crippen LogP contribution >= 0.6 is 0 Å². The standard InChI is InChI=1S/C14H19NO5S/c1-10-5-6-12(8-13(10)14(16)19-2)21(17,18)15-9-11-4-3-7-20-11/h5-6,8,11,15H,3-4,7,9H2,1-2H3/t11-/m1/s1. The summed E-state index contributed by atoms with van der Waals surface area (Å²) in [6.45, 7) is 2.63. The van der Waals surface area contributed by atoms with Gasteiger partial charge in [0.1, 0.15) is 0 Å². The average molecular weight is 313 g/mol. The lowest BCUT2D eigenvalue weighted by Gasteiger charge is -2.12. The van der Waals surface area contributed by atoms with E-state index in [0.717, 1.165) is 12.8 Å². The van der Waals surface area contributed by atoms with E-state index in [1.54, 1.807) is 13.0 Å². The van der Waals surface area contributed by atoms with E-state index in [2.05, 4.69) is 9.46 Å². The topological polar surface area (TPSA) is 81.7 Å². The first-order valence-electron chi connectivity index (χ1n) is 6.74. The number of nitrogens with one attached hydrogen (secondary N) is 1. The second-order valence-corrected chi connectivity index (χ2v) is 6.72. The summed E-state index contributed by atoms with van der Waals surface area (Å²) in [6.07, 6.45) is 1.72. The van der Waals surface area contributed by atoms with Crippen molar-refractivity contribution in [1.29, 1.82) is 0 Å².